The fourth-order valence-corrected chi connectivity index (χ4v) is 1.64. The predicted octanol–water partition coefficient (Wildman–Crippen LogP) is 3.70. The molecule has 0 saturated heterocycles. The molecule has 0 radical (unpaired) electrons. The van der Waals surface area contributed by atoms with Gasteiger partial charge in [-0.2, -0.15) is 0 Å². The summed E-state index contributed by atoms with van der Waals surface area (Å²) in [6.07, 6.45) is 6.23. The number of carbonyl (C=O) groups is 1. The standard InChI is InChI=1S/C12H24O2/c1-4-5-6-7-10(2)11(3)8-9-12(13)14/h10-11H,4-9H2,1-3H3,(H,13,14). The Morgan fingerprint density at radius 2 is 1.71 bits per heavy atom. The molecule has 2 unspecified atom stereocenters. The van der Waals surface area contributed by atoms with E-state index >= 15 is 0 Å². The van der Waals surface area contributed by atoms with Crippen LogP contribution in [0.4, 0.5) is 0 Å². The molecule has 0 saturated carbocycles. The van der Waals surface area contributed by atoms with Gasteiger partial charge < -0.3 is 5.11 Å². The molecule has 0 fully saturated rings. The van der Waals surface area contributed by atoms with Gasteiger partial charge in [0.05, 0.1) is 0 Å². The third kappa shape index (κ3) is 6.93. The molecule has 0 aliphatic rings. The van der Waals surface area contributed by atoms with Gasteiger partial charge in [0.15, 0.2) is 0 Å². The van der Waals surface area contributed by atoms with Crippen LogP contribution in [0.3, 0.4) is 0 Å². The van der Waals surface area contributed by atoms with E-state index in [2.05, 4.69) is 20.8 Å². The van der Waals surface area contributed by atoms with Crippen molar-refractivity contribution < 1.29 is 9.90 Å². The molecule has 84 valence electrons. The number of carboxylic acid groups (broad SMARTS) is 1. The van der Waals surface area contributed by atoms with Crippen LogP contribution in [0.2, 0.25) is 0 Å². The summed E-state index contributed by atoms with van der Waals surface area (Å²) in [5.41, 5.74) is 0. The highest BCUT2D eigenvalue weighted by molar-refractivity contribution is 5.66. The minimum absolute atomic E-state index is 0.319. The molecule has 0 aliphatic heterocycles. The molecule has 0 amide bonds. The molecule has 0 spiro atoms. The third-order valence-electron chi connectivity index (χ3n) is 3.05. The second kappa shape index (κ2) is 7.84. The zero-order valence-electron chi connectivity index (χ0n) is 9.75. The maximum absolute atomic E-state index is 10.4. The Labute approximate surface area is 87.7 Å². The van der Waals surface area contributed by atoms with Crippen molar-refractivity contribution in [1.82, 2.24) is 0 Å². The van der Waals surface area contributed by atoms with Gasteiger partial charge in [0.2, 0.25) is 0 Å². The Hall–Kier alpha value is -0.530. The normalized spacial score (nSPS) is 15.1. The quantitative estimate of drug-likeness (QED) is 0.606. The lowest BCUT2D eigenvalue weighted by Gasteiger charge is -2.18. The molecule has 0 aromatic carbocycles. The highest BCUT2D eigenvalue weighted by Crippen LogP contribution is 2.22. The van der Waals surface area contributed by atoms with E-state index in [0.29, 0.717) is 18.3 Å². The van der Waals surface area contributed by atoms with Gasteiger partial charge in [0.25, 0.3) is 0 Å². The Morgan fingerprint density at radius 3 is 2.21 bits per heavy atom. The van der Waals surface area contributed by atoms with E-state index in [1.54, 1.807) is 0 Å². The van der Waals surface area contributed by atoms with Gasteiger partial charge in [-0.3, -0.25) is 4.79 Å². The van der Waals surface area contributed by atoms with Crippen LogP contribution in [-0.4, -0.2) is 11.1 Å². The first-order chi connectivity index (χ1) is 6.57. The van der Waals surface area contributed by atoms with Gasteiger partial charge in [-0.25, -0.2) is 0 Å². The maximum Gasteiger partial charge on any atom is 0.303 e. The first kappa shape index (κ1) is 13.5. The summed E-state index contributed by atoms with van der Waals surface area (Å²) in [6, 6.07) is 0. The summed E-state index contributed by atoms with van der Waals surface area (Å²) < 4.78 is 0. The van der Waals surface area contributed by atoms with Gasteiger partial charge in [-0.05, 0) is 18.3 Å². The number of unbranched alkanes of at least 4 members (excludes halogenated alkanes) is 2. The van der Waals surface area contributed by atoms with Crippen molar-refractivity contribution in [3.8, 4) is 0 Å². The van der Waals surface area contributed by atoms with Crippen molar-refractivity contribution in [2.24, 2.45) is 11.8 Å². The van der Waals surface area contributed by atoms with Crippen LogP contribution >= 0.6 is 0 Å². The number of aliphatic carboxylic acids is 1. The van der Waals surface area contributed by atoms with Crippen LogP contribution in [0, 0.1) is 11.8 Å². The topological polar surface area (TPSA) is 37.3 Å². The number of hydrogen-bond acceptors (Lipinski definition) is 1. The summed E-state index contributed by atoms with van der Waals surface area (Å²) in [5, 5.41) is 8.56. The second-order valence-corrected chi connectivity index (χ2v) is 4.38. The lowest BCUT2D eigenvalue weighted by atomic mass is 9.87. The van der Waals surface area contributed by atoms with Gasteiger partial charge >= 0.3 is 5.97 Å². The Kier molecular flexibility index (Phi) is 7.54. The van der Waals surface area contributed by atoms with E-state index < -0.39 is 5.97 Å². The largest absolute Gasteiger partial charge is 0.481 e. The lowest BCUT2D eigenvalue weighted by molar-refractivity contribution is -0.137. The molecule has 1 N–H and O–H groups in total. The van der Waals surface area contributed by atoms with E-state index in [1.165, 1.54) is 25.7 Å². The molecule has 0 aromatic rings. The highest BCUT2D eigenvalue weighted by atomic mass is 16.4. The van der Waals surface area contributed by atoms with Gasteiger partial charge in [-0.1, -0.05) is 46.5 Å². The minimum atomic E-state index is -0.669. The molecule has 2 atom stereocenters. The van der Waals surface area contributed by atoms with Crippen LogP contribution in [0.15, 0.2) is 0 Å². The Morgan fingerprint density at radius 1 is 1.14 bits per heavy atom. The van der Waals surface area contributed by atoms with Crippen molar-refractivity contribution in [2.75, 3.05) is 0 Å². The SMILES string of the molecule is CCCCCC(C)C(C)CCC(=O)O. The summed E-state index contributed by atoms with van der Waals surface area (Å²) in [6.45, 7) is 6.61. The van der Waals surface area contributed by atoms with Crippen molar-refractivity contribution in [3.05, 3.63) is 0 Å². The Bertz CT molecular complexity index is 154. The summed E-state index contributed by atoms with van der Waals surface area (Å²) in [4.78, 5) is 10.4. The van der Waals surface area contributed by atoms with E-state index in [4.69, 9.17) is 5.11 Å². The van der Waals surface area contributed by atoms with Gasteiger partial charge in [0, 0.05) is 6.42 Å². The number of rotatable bonds is 8. The molecule has 0 bridgehead atoms. The van der Waals surface area contributed by atoms with Gasteiger partial charge in [-0.15, -0.1) is 0 Å². The molecule has 0 aromatic heterocycles. The molecule has 0 rings (SSSR count). The average molecular weight is 200 g/mol. The van der Waals surface area contributed by atoms with Crippen LogP contribution in [-0.2, 0) is 4.79 Å². The second-order valence-electron chi connectivity index (χ2n) is 4.38. The fourth-order valence-electron chi connectivity index (χ4n) is 1.64. The van der Waals surface area contributed by atoms with E-state index in [9.17, 15) is 4.79 Å². The first-order valence-electron chi connectivity index (χ1n) is 5.79. The molecular formula is C12H24O2. The monoisotopic (exact) mass is 200 g/mol. The third-order valence-corrected chi connectivity index (χ3v) is 3.05. The molecular weight excluding hydrogens is 176 g/mol. The number of carboxylic acids is 1. The molecule has 14 heavy (non-hydrogen) atoms. The Balaban J connectivity index is 3.53. The van der Waals surface area contributed by atoms with Crippen molar-refractivity contribution in [2.45, 2.75) is 59.3 Å². The van der Waals surface area contributed by atoms with Crippen LogP contribution in [0.5, 0.6) is 0 Å². The lowest BCUT2D eigenvalue weighted by Crippen LogP contribution is -2.10. The van der Waals surface area contributed by atoms with Crippen LogP contribution in [0.25, 0.3) is 0 Å². The fraction of sp³-hybridized carbons (Fsp3) is 0.917. The minimum Gasteiger partial charge on any atom is -0.481 e. The molecule has 2 nitrogen and oxygen atoms in total. The zero-order chi connectivity index (χ0) is 11.0. The van der Waals surface area contributed by atoms with E-state index in [1.807, 2.05) is 0 Å². The summed E-state index contributed by atoms with van der Waals surface area (Å²) >= 11 is 0. The number of hydrogen-bond donors (Lipinski definition) is 1. The van der Waals surface area contributed by atoms with Crippen LogP contribution in [0.1, 0.15) is 59.3 Å². The highest BCUT2D eigenvalue weighted by Gasteiger charge is 2.12. The predicted molar refractivity (Wildman–Crippen MR) is 59.3 cm³/mol. The van der Waals surface area contributed by atoms with Crippen LogP contribution < -0.4 is 0 Å². The molecule has 2 heteroatoms. The van der Waals surface area contributed by atoms with E-state index in [-0.39, 0.29) is 0 Å². The summed E-state index contributed by atoms with van der Waals surface area (Å²) in [7, 11) is 0. The zero-order valence-corrected chi connectivity index (χ0v) is 9.75. The van der Waals surface area contributed by atoms with Crippen molar-refractivity contribution in [1.29, 1.82) is 0 Å². The summed E-state index contributed by atoms with van der Waals surface area (Å²) in [5.74, 6) is 0.543. The first-order valence-corrected chi connectivity index (χ1v) is 5.79. The van der Waals surface area contributed by atoms with Gasteiger partial charge in [0.1, 0.15) is 0 Å². The molecule has 0 aliphatic carbocycles. The molecule has 0 heterocycles. The average Bonchev–Trinajstić information content (AvgIpc) is 2.14. The maximum atomic E-state index is 10.4. The smallest absolute Gasteiger partial charge is 0.303 e. The van der Waals surface area contributed by atoms with Crippen molar-refractivity contribution >= 4 is 5.97 Å². The van der Waals surface area contributed by atoms with E-state index in [0.717, 1.165) is 6.42 Å². The van der Waals surface area contributed by atoms with Crippen molar-refractivity contribution in [3.63, 3.8) is 0 Å².